The molecule has 4 aromatic heterocycles. The molecule has 0 radical (unpaired) electrons. The minimum atomic E-state index is -0.601. The van der Waals surface area contributed by atoms with Gasteiger partial charge in [-0.2, -0.15) is 4.98 Å². The lowest BCUT2D eigenvalue weighted by atomic mass is 10.2. The number of aryl methyl sites for hydroxylation is 1. The highest BCUT2D eigenvalue weighted by molar-refractivity contribution is 5.76. The summed E-state index contributed by atoms with van der Waals surface area (Å²) in [4.78, 5) is 46.9. The Balaban J connectivity index is 2.21. The van der Waals surface area contributed by atoms with Gasteiger partial charge in [0.15, 0.2) is 11.2 Å². The molecule has 150 valence electrons. The Morgan fingerprint density at radius 1 is 1.07 bits per heavy atom. The Hall–Kier alpha value is -3.69. The lowest BCUT2D eigenvalue weighted by molar-refractivity contribution is 0.433. The monoisotopic (exact) mass is 396 g/mol. The summed E-state index contributed by atoms with van der Waals surface area (Å²) in [5.41, 5.74) is -0.608. The van der Waals surface area contributed by atoms with E-state index in [2.05, 4.69) is 9.97 Å². The highest BCUT2D eigenvalue weighted by atomic mass is 16.3. The minimum Gasteiger partial charge on any atom is -0.494 e. The molecule has 0 spiro atoms. The maximum Gasteiger partial charge on any atom is 0.332 e. The van der Waals surface area contributed by atoms with Crippen LogP contribution in [0.25, 0.3) is 16.9 Å². The van der Waals surface area contributed by atoms with Crippen LogP contribution in [-0.4, -0.2) is 33.2 Å². The van der Waals surface area contributed by atoms with E-state index in [0.717, 1.165) is 4.57 Å². The van der Waals surface area contributed by atoms with Gasteiger partial charge >= 0.3 is 5.69 Å². The quantitative estimate of drug-likeness (QED) is 0.525. The molecule has 0 atom stereocenters. The van der Waals surface area contributed by atoms with E-state index in [-0.39, 0.29) is 34.9 Å². The number of aromatic hydroxyl groups is 1. The Morgan fingerprint density at radius 2 is 1.83 bits per heavy atom. The zero-order valence-electron chi connectivity index (χ0n) is 16.3. The third-order valence-electron chi connectivity index (χ3n) is 5.01. The summed E-state index contributed by atoms with van der Waals surface area (Å²) in [6.45, 7) is 2.00. The van der Waals surface area contributed by atoms with Gasteiger partial charge < -0.3 is 5.11 Å². The molecule has 4 rings (SSSR count). The zero-order valence-corrected chi connectivity index (χ0v) is 16.3. The number of hydrogen-bond acceptors (Lipinski definition) is 6. The highest BCUT2D eigenvalue weighted by Crippen LogP contribution is 2.22. The molecule has 0 aliphatic heterocycles. The zero-order chi connectivity index (χ0) is 20.9. The topological polar surface area (TPSA) is 116 Å². The van der Waals surface area contributed by atoms with Gasteiger partial charge in [0, 0.05) is 20.3 Å². The molecule has 4 heterocycles. The van der Waals surface area contributed by atoms with Crippen LogP contribution in [-0.2, 0) is 27.1 Å². The van der Waals surface area contributed by atoms with Gasteiger partial charge in [-0.05, 0) is 18.6 Å². The van der Waals surface area contributed by atoms with Crippen LogP contribution in [0.4, 0.5) is 0 Å². The molecule has 0 bridgehead atoms. The molecule has 4 aromatic rings. The number of nitrogens with zero attached hydrogens (tertiary/aromatic N) is 6. The average Bonchev–Trinajstić information content (AvgIpc) is 3.13. The van der Waals surface area contributed by atoms with Gasteiger partial charge in [0.05, 0.1) is 17.8 Å². The minimum absolute atomic E-state index is 0.0363. The second-order valence-electron chi connectivity index (χ2n) is 6.89. The molecule has 0 saturated carbocycles. The van der Waals surface area contributed by atoms with Crippen molar-refractivity contribution in [2.75, 3.05) is 0 Å². The molecule has 0 amide bonds. The average molecular weight is 396 g/mol. The molecule has 0 fully saturated rings. The lowest BCUT2D eigenvalue weighted by Gasteiger charge is -2.12. The van der Waals surface area contributed by atoms with Crippen molar-refractivity contribution in [1.29, 1.82) is 0 Å². The Morgan fingerprint density at radius 3 is 2.48 bits per heavy atom. The molecule has 0 aliphatic carbocycles. The lowest BCUT2D eigenvalue weighted by Crippen LogP contribution is -2.37. The van der Waals surface area contributed by atoms with E-state index in [4.69, 9.17) is 0 Å². The molecule has 1 N–H and O–H groups in total. The molecule has 29 heavy (non-hydrogen) atoms. The van der Waals surface area contributed by atoms with E-state index in [1.165, 1.54) is 27.6 Å². The predicted octanol–water partition coefficient (Wildman–Crippen LogP) is 0.148. The van der Waals surface area contributed by atoms with Crippen LogP contribution >= 0.6 is 0 Å². The van der Waals surface area contributed by atoms with Gasteiger partial charge in [-0.3, -0.25) is 28.3 Å². The van der Waals surface area contributed by atoms with Gasteiger partial charge in [-0.25, -0.2) is 9.20 Å². The fourth-order valence-electron chi connectivity index (χ4n) is 3.52. The second-order valence-corrected chi connectivity index (χ2v) is 6.89. The van der Waals surface area contributed by atoms with Crippen LogP contribution < -0.4 is 16.8 Å². The van der Waals surface area contributed by atoms with Crippen molar-refractivity contribution in [2.45, 2.75) is 26.3 Å². The van der Waals surface area contributed by atoms with Crippen LogP contribution in [0.15, 0.2) is 38.8 Å². The summed E-state index contributed by atoms with van der Waals surface area (Å²) in [7, 11) is 2.85. The number of hydrogen-bond donors (Lipinski definition) is 1. The molecular formula is C19H20N6O4. The summed E-state index contributed by atoms with van der Waals surface area (Å²) >= 11 is 0. The first kappa shape index (κ1) is 18.7. The first-order valence-corrected chi connectivity index (χ1v) is 9.19. The molecule has 0 unspecified atom stereocenters. The van der Waals surface area contributed by atoms with Gasteiger partial charge in [0.25, 0.3) is 11.1 Å². The van der Waals surface area contributed by atoms with Crippen molar-refractivity contribution in [1.82, 2.24) is 28.1 Å². The third-order valence-corrected chi connectivity index (χ3v) is 5.01. The van der Waals surface area contributed by atoms with E-state index in [1.54, 1.807) is 24.4 Å². The highest BCUT2D eigenvalue weighted by Gasteiger charge is 2.24. The largest absolute Gasteiger partial charge is 0.494 e. The van der Waals surface area contributed by atoms with Crippen LogP contribution in [0, 0.1) is 0 Å². The van der Waals surface area contributed by atoms with Gasteiger partial charge in [0.2, 0.25) is 11.7 Å². The van der Waals surface area contributed by atoms with E-state index >= 15 is 0 Å². The number of aromatic nitrogens is 6. The van der Waals surface area contributed by atoms with E-state index in [9.17, 15) is 19.5 Å². The number of pyridine rings is 1. The summed E-state index contributed by atoms with van der Waals surface area (Å²) in [6, 6.07) is 5.34. The van der Waals surface area contributed by atoms with Crippen LogP contribution in [0.5, 0.6) is 5.88 Å². The predicted molar refractivity (Wildman–Crippen MR) is 106 cm³/mol. The maximum absolute atomic E-state index is 13.1. The second kappa shape index (κ2) is 6.73. The molecular weight excluding hydrogens is 376 g/mol. The van der Waals surface area contributed by atoms with Crippen molar-refractivity contribution in [2.24, 2.45) is 14.1 Å². The van der Waals surface area contributed by atoms with Gasteiger partial charge in [-0.1, -0.05) is 19.4 Å². The van der Waals surface area contributed by atoms with E-state index in [0.29, 0.717) is 18.5 Å². The van der Waals surface area contributed by atoms with Crippen molar-refractivity contribution < 1.29 is 5.11 Å². The molecule has 0 saturated heterocycles. The fourth-order valence-corrected chi connectivity index (χ4v) is 3.52. The Labute approximate surface area is 163 Å². The summed E-state index contributed by atoms with van der Waals surface area (Å²) in [6.07, 6.45) is 2.57. The van der Waals surface area contributed by atoms with Crippen LogP contribution in [0.1, 0.15) is 24.6 Å². The SMILES string of the molecule is CCCc1c(O)n2c3c(=O)n(C)c(=O)n(C)c3nc2n(Cc2ccccn2)c1=O. The Kier molecular flexibility index (Phi) is 4.33. The summed E-state index contributed by atoms with van der Waals surface area (Å²) < 4.78 is 4.80. The van der Waals surface area contributed by atoms with Crippen molar-refractivity contribution >= 4 is 16.9 Å². The number of fused-ring (bicyclic) bond motifs is 3. The fraction of sp³-hybridized carbons (Fsp3) is 0.316. The summed E-state index contributed by atoms with van der Waals surface area (Å²) in [5.74, 6) is -0.256. The first-order valence-electron chi connectivity index (χ1n) is 9.19. The van der Waals surface area contributed by atoms with Gasteiger partial charge in [-0.15, -0.1) is 0 Å². The number of rotatable bonds is 4. The van der Waals surface area contributed by atoms with E-state index in [1.807, 2.05) is 6.92 Å². The van der Waals surface area contributed by atoms with Crippen molar-refractivity contribution in [3.63, 3.8) is 0 Å². The maximum atomic E-state index is 13.1. The molecule has 0 aliphatic rings. The third kappa shape index (κ3) is 2.67. The van der Waals surface area contributed by atoms with Gasteiger partial charge in [0.1, 0.15) is 0 Å². The van der Waals surface area contributed by atoms with Crippen LogP contribution in [0.2, 0.25) is 0 Å². The van der Waals surface area contributed by atoms with Crippen molar-refractivity contribution in [3.05, 3.63) is 66.8 Å². The number of imidazole rings is 1. The van der Waals surface area contributed by atoms with Crippen molar-refractivity contribution in [3.8, 4) is 5.88 Å². The molecule has 10 nitrogen and oxygen atoms in total. The standard InChI is InChI=1S/C19H20N6O4/c1-4-7-12-15(26)24(10-11-8-5-6-9-20-11)18-21-14-13(25(18)16(12)27)17(28)23(3)19(29)22(14)2/h5-6,8-9,27H,4,7,10H2,1-3H3. The van der Waals surface area contributed by atoms with E-state index < -0.39 is 16.8 Å². The Bertz CT molecular complexity index is 1430. The smallest absolute Gasteiger partial charge is 0.332 e. The first-order chi connectivity index (χ1) is 13.9. The molecule has 10 heteroatoms. The van der Waals surface area contributed by atoms with Crippen LogP contribution in [0.3, 0.4) is 0 Å². The molecule has 0 aromatic carbocycles. The summed E-state index contributed by atoms with van der Waals surface area (Å²) in [5, 5.41) is 10.9. The normalized spacial score (nSPS) is 11.6.